The van der Waals surface area contributed by atoms with Crippen LogP contribution in [0.4, 0.5) is 4.20 Å². The van der Waals surface area contributed by atoms with E-state index in [1.54, 1.807) is 12.3 Å². The number of hydrogen-bond acceptors (Lipinski definition) is 3. The molecule has 0 spiro atoms. The quantitative estimate of drug-likeness (QED) is 0.651. The minimum atomic E-state index is -0.708. The molecule has 0 saturated carbocycles. The summed E-state index contributed by atoms with van der Waals surface area (Å²) in [5.74, 6) is 0. The van der Waals surface area contributed by atoms with Gasteiger partial charge in [0.15, 0.2) is 0 Å². The van der Waals surface area contributed by atoms with Gasteiger partial charge >= 0.3 is 0 Å². The van der Waals surface area contributed by atoms with E-state index in [0.29, 0.717) is 5.30 Å². The summed E-state index contributed by atoms with van der Waals surface area (Å²) >= 11 is 0. The molecule has 0 saturated heterocycles. The Kier molecular flexibility index (Phi) is 4.97. The highest BCUT2D eigenvalue weighted by Crippen LogP contribution is 2.19. The molecule has 0 aliphatic heterocycles. The Hall–Kier alpha value is -1.35. The van der Waals surface area contributed by atoms with E-state index in [9.17, 15) is 4.20 Å². The van der Waals surface area contributed by atoms with Gasteiger partial charge in [-0.3, -0.25) is 10.3 Å². The molecule has 0 fully saturated rings. The summed E-state index contributed by atoms with van der Waals surface area (Å²) in [6.07, 6.45) is 1.55. The third-order valence-corrected chi connectivity index (χ3v) is 3.24. The number of rotatable bonds is 5. The highest BCUT2D eigenvalue weighted by atomic mass is 31.1. The first kappa shape index (κ1) is 14.1. The Morgan fingerprint density at radius 2 is 2.21 bits per heavy atom. The number of benzene rings is 1. The van der Waals surface area contributed by atoms with Gasteiger partial charge in [0, 0.05) is 23.6 Å². The Morgan fingerprint density at radius 3 is 2.84 bits per heavy atom. The van der Waals surface area contributed by atoms with E-state index in [-0.39, 0.29) is 6.17 Å². The summed E-state index contributed by atoms with van der Waals surface area (Å²) in [6, 6.07) is 11.7. The SMILES string of the molecule is CC(N)NCc1cccc(-c2ccc(PF)cn2)c1. The van der Waals surface area contributed by atoms with Crippen LogP contribution >= 0.6 is 8.89 Å². The summed E-state index contributed by atoms with van der Waals surface area (Å²) in [5.41, 5.74) is 8.69. The molecule has 0 amide bonds. The molecule has 1 aromatic heterocycles. The number of nitrogens with one attached hydrogen (secondary N) is 1. The van der Waals surface area contributed by atoms with Crippen molar-refractivity contribution in [1.82, 2.24) is 10.3 Å². The second-order valence-electron chi connectivity index (χ2n) is 4.40. The van der Waals surface area contributed by atoms with Gasteiger partial charge in [-0.25, -0.2) is 4.20 Å². The van der Waals surface area contributed by atoms with Crippen molar-refractivity contribution < 1.29 is 4.20 Å². The molecule has 2 unspecified atom stereocenters. The first-order valence-corrected chi connectivity index (χ1v) is 6.98. The van der Waals surface area contributed by atoms with Gasteiger partial charge in [0.2, 0.25) is 0 Å². The number of aromatic nitrogens is 1. The van der Waals surface area contributed by atoms with E-state index < -0.39 is 8.89 Å². The molecular formula is C14H17FN3P. The van der Waals surface area contributed by atoms with Gasteiger partial charge in [-0.2, -0.15) is 0 Å². The summed E-state index contributed by atoms with van der Waals surface area (Å²) in [4.78, 5) is 4.28. The lowest BCUT2D eigenvalue weighted by molar-refractivity contribution is 0.567. The molecule has 19 heavy (non-hydrogen) atoms. The standard InChI is InChI=1S/C14H17FN3P/c1-10(16)17-8-11-3-2-4-12(7-11)14-6-5-13(19-15)9-18-14/h2-7,9-10,17,19H,8,16H2,1H3. The highest BCUT2D eigenvalue weighted by Gasteiger charge is 2.02. The fourth-order valence-corrected chi connectivity index (χ4v) is 2.00. The van der Waals surface area contributed by atoms with Gasteiger partial charge in [0.25, 0.3) is 0 Å². The van der Waals surface area contributed by atoms with Crippen LogP contribution in [0.25, 0.3) is 11.3 Å². The van der Waals surface area contributed by atoms with Gasteiger partial charge in [0.05, 0.1) is 11.9 Å². The Labute approximate surface area is 114 Å². The van der Waals surface area contributed by atoms with Crippen LogP contribution < -0.4 is 16.4 Å². The zero-order valence-corrected chi connectivity index (χ0v) is 11.7. The van der Waals surface area contributed by atoms with Gasteiger partial charge in [0.1, 0.15) is 8.89 Å². The van der Waals surface area contributed by atoms with Crippen LogP contribution in [0.2, 0.25) is 0 Å². The maximum Gasteiger partial charge on any atom is 0.100 e. The predicted molar refractivity (Wildman–Crippen MR) is 79.2 cm³/mol. The minimum absolute atomic E-state index is 0.0355. The second-order valence-corrected chi connectivity index (χ2v) is 5.16. The lowest BCUT2D eigenvalue weighted by Gasteiger charge is -2.09. The monoisotopic (exact) mass is 277 g/mol. The molecule has 3 N–H and O–H groups in total. The second kappa shape index (κ2) is 6.71. The molecule has 0 aliphatic carbocycles. The lowest BCUT2D eigenvalue weighted by Crippen LogP contribution is -2.33. The van der Waals surface area contributed by atoms with E-state index in [0.717, 1.165) is 23.4 Å². The number of nitrogens with two attached hydrogens (primary N) is 1. The van der Waals surface area contributed by atoms with Crippen molar-refractivity contribution in [2.45, 2.75) is 19.6 Å². The van der Waals surface area contributed by atoms with Crippen molar-refractivity contribution in [1.29, 1.82) is 0 Å². The topological polar surface area (TPSA) is 50.9 Å². The molecule has 0 bridgehead atoms. The molecule has 2 rings (SSSR count). The largest absolute Gasteiger partial charge is 0.316 e. The van der Waals surface area contributed by atoms with Crippen molar-refractivity contribution in [3.8, 4) is 11.3 Å². The first-order valence-electron chi connectivity index (χ1n) is 6.10. The predicted octanol–water partition coefficient (Wildman–Crippen LogP) is 2.33. The maximum absolute atomic E-state index is 12.5. The third-order valence-electron chi connectivity index (χ3n) is 2.72. The van der Waals surface area contributed by atoms with Gasteiger partial charge in [-0.15, -0.1) is 0 Å². The number of hydrogen-bond donors (Lipinski definition) is 2. The maximum atomic E-state index is 12.5. The van der Waals surface area contributed by atoms with Crippen LogP contribution in [0.1, 0.15) is 12.5 Å². The van der Waals surface area contributed by atoms with Crippen molar-refractivity contribution >= 4 is 14.2 Å². The molecule has 1 heterocycles. The first-order chi connectivity index (χ1) is 9.19. The molecule has 3 nitrogen and oxygen atoms in total. The van der Waals surface area contributed by atoms with Gasteiger partial charge in [-0.05, 0) is 30.7 Å². The number of pyridine rings is 1. The molecule has 0 aliphatic rings. The molecule has 100 valence electrons. The van der Waals surface area contributed by atoms with Crippen LogP contribution in [0.5, 0.6) is 0 Å². The summed E-state index contributed by atoms with van der Waals surface area (Å²) < 4.78 is 12.5. The van der Waals surface area contributed by atoms with Crippen molar-refractivity contribution in [3.63, 3.8) is 0 Å². The third kappa shape index (κ3) is 4.06. The van der Waals surface area contributed by atoms with Gasteiger partial charge < -0.3 is 5.73 Å². The van der Waals surface area contributed by atoms with E-state index in [4.69, 9.17) is 5.73 Å². The molecule has 5 heteroatoms. The van der Waals surface area contributed by atoms with E-state index in [1.807, 2.05) is 31.2 Å². The summed E-state index contributed by atoms with van der Waals surface area (Å²) in [7, 11) is -0.708. The van der Waals surface area contributed by atoms with E-state index >= 15 is 0 Å². The Balaban J connectivity index is 2.17. The summed E-state index contributed by atoms with van der Waals surface area (Å²) in [5, 5.41) is 3.79. The van der Waals surface area contributed by atoms with Crippen molar-refractivity contribution in [2.75, 3.05) is 0 Å². The molecule has 0 radical (unpaired) electrons. The van der Waals surface area contributed by atoms with Crippen LogP contribution in [0, 0.1) is 0 Å². The Morgan fingerprint density at radius 1 is 1.37 bits per heavy atom. The van der Waals surface area contributed by atoms with Gasteiger partial charge in [-0.1, -0.05) is 18.2 Å². The average molecular weight is 277 g/mol. The zero-order valence-electron chi connectivity index (χ0n) is 10.7. The molecular weight excluding hydrogens is 260 g/mol. The molecule has 1 aromatic carbocycles. The fourth-order valence-electron chi connectivity index (χ4n) is 1.74. The van der Waals surface area contributed by atoms with Crippen LogP contribution in [0.3, 0.4) is 0 Å². The Bertz CT molecular complexity index is 528. The fraction of sp³-hybridized carbons (Fsp3) is 0.214. The number of halogens is 1. The van der Waals surface area contributed by atoms with E-state index in [2.05, 4.69) is 16.4 Å². The highest BCUT2D eigenvalue weighted by molar-refractivity contribution is 7.41. The van der Waals surface area contributed by atoms with Crippen molar-refractivity contribution in [3.05, 3.63) is 48.2 Å². The molecule has 2 atom stereocenters. The smallest absolute Gasteiger partial charge is 0.100 e. The van der Waals surface area contributed by atoms with Crippen LogP contribution in [-0.2, 0) is 6.54 Å². The van der Waals surface area contributed by atoms with Crippen LogP contribution in [-0.4, -0.2) is 11.1 Å². The normalized spacial score (nSPS) is 13.0. The lowest BCUT2D eigenvalue weighted by atomic mass is 10.1. The van der Waals surface area contributed by atoms with E-state index in [1.165, 1.54) is 0 Å². The zero-order chi connectivity index (χ0) is 13.7. The van der Waals surface area contributed by atoms with Crippen molar-refractivity contribution in [2.24, 2.45) is 5.73 Å². The minimum Gasteiger partial charge on any atom is -0.316 e. The van der Waals surface area contributed by atoms with Crippen LogP contribution in [0.15, 0.2) is 42.6 Å². The summed E-state index contributed by atoms with van der Waals surface area (Å²) in [6.45, 7) is 2.62. The average Bonchev–Trinajstić information content (AvgIpc) is 2.45. The molecule has 2 aromatic rings. The number of nitrogens with zero attached hydrogens (tertiary/aromatic N) is 1.